The van der Waals surface area contributed by atoms with Gasteiger partial charge in [-0.2, -0.15) is 0 Å². The van der Waals surface area contributed by atoms with Gasteiger partial charge in [0.2, 0.25) is 12.3 Å². The number of anilines is 1. The summed E-state index contributed by atoms with van der Waals surface area (Å²) >= 11 is 2.80. The molecule has 0 fully saturated rings. The van der Waals surface area contributed by atoms with Gasteiger partial charge in [-0.15, -0.1) is 23.1 Å². The minimum absolute atomic E-state index is 0.0370. The molecule has 2 unspecified atom stereocenters. The third-order valence-corrected chi connectivity index (χ3v) is 7.79. The van der Waals surface area contributed by atoms with E-state index in [0.29, 0.717) is 23.2 Å². The molecule has 202 valence electrons. The Morgan fingerprint density at radius 3 is 2.63 bits per heavy atom. The van der Waals surface area contributed by atoms with Crippen molar-refractivity contribution in [2.75, 3.05) is 24.3 Å². The molecule has 3 rings (SSSR count). The second-order valence-corrected chi connectivity index (χ2v) is 10.4. The zero-order valence-electron chi connectivity index (χ0n) is 20.8. The monoisotopic (exact) mass is 559 g/mol. The number of hydrogen-bond donors (Lipinski definition) is 3. The molecule has 1 aliphatic heterocycles. The Kier molecular flexibility index (Phi) is 10.9. The lowest BCUT2D eigenvalue weighted by molar-refractivity contribution is -0.141. The van der Waals surface area contributed by atoms with Crippen molar-refractivity contribution >= 4 is 53.2 Å². The first-order valence-electron chi connectivity index (χ1n) is 11.7. The van der Waals surface area contributed by atoms with Crippen LogP contribution in [0.2, 0.25) is 0 Å². The van der Waals surface area contributed by atoms with E-state index in [0.717, 1.165) is 4.88 Å². The van der Waals surface area contributed by atoms with Gasteiger partial charge in [-0.3, -0.25) is 19.8 Å². The summed E-state index contributed by atoms with van der Waals surface area (Å²) in [6.07, 6.45) is 1.36. The van der Waals surface area contributed by atoms with E-state index in [1.54, 1.807) is 31.2 Å². The lowest BCUT2D eigenvalue weighted by Crippen LogP contribution is -2.51. The van der Waals surface area contributed by atoms with Crippen LogP contribution in [-0.4, -0.2) is 64.8 Å². The molecule has 1 aliphatic rings. The Morgan fingerprint density at radius 1 is 1.24 bits per heavy atom. The fraction of sp³-hybridized carbons (Fsp3) is 0.308. The molecule has 10 nitrogen and oxygen atoms in total. The summed E-state index contributed by atoms with van der Waals surface area (Å²) in [5.74, 6) is -0.709. The van der Waals surface area contributed by atoms with Gasteiger partial charge in [-0.25, -0.2) is 9.59 Å². The number of hydrogen-bond acceptors (Lipinski definition) is 9. The number of carbonyl (C=O) groups excluding carboxylic acids is 4. The zero-order chi connectivity index (χ0) is 27.5. The zero-order valence-corrected chi connectivity index (χ0v) is 22.4. The number of amides is 3. The van der Waals surface area contributed by atoms with Crippen LogP contribution in [0.15, 0.2) is 65.7 Å². The Balaban J connectivity index is 1.72. The maximum atomic E-state index is 12.9. The maximum absolute atomic E-state index is 12.9. The molecule has 3 N–H and O–H groups in total. The number of benzene rings is 1. The second-order valence-electron chi connectivity index (χ2n) is 8.22. The van der Waals surface area contributed by atoms with Gasteiger partial charge in [0.05, 0.1) is 19.1 Å². The number of aliphatic hydroxyl groups excluding tert-OH is 1. The molecule has 2 atom stereocenters. The van der Waals surface area contributed by atoms with Gasteiger partial charge >= 0.3 is 12.1 Å². The third-order valence-electron chi connectivity index (χ3n) is 5.43. The van der Waals surface area contributed by atoms with Gasteiger partial charge < -0.3 is 19.9 Å². The van der Waals surface area contributed by atoms with Gasteiger partial charge in [0.1, 0.15) is 24.3 Å². The van der Waals surface area contributed by atoms with E-state index in [1.165, 1.54) is 34.1 Å². The average Bonchev–Trinajstić information content (AvgIpc) is 3.43. The number of nitrogens with zero attached hydrogens (tertiary/aromatic N) is 1. The van der Waals surface area contributed by atoms with E-state index in [1.807, 2.05) is 17.5 Å². The molecule has 38 heavy (non-hydrogen) atoms. The SMILES string of the molecule is C=CCOC(=O)C1=C(COC(=O)Nc2ccc(CO)cc2)CSC(C(C)NC(=O)Cc2cccs2)N1C=O. The van der Waals surface area contributed by atoms with Crippen molar-refractivity contribution in [1.29, 1.82) is 0 Å². The van der Waals surface area contributed by atoms with E-state index in [2.05, 4.69) is 17.2 Å². The molecule has 0 saturated carbocycles. The molecular formula is C26H29N3O7S2. The number of carbonyl (C=O) groups is 4. The van der Waals surface area contributed by atoms with E-state index in [-0.39, 0.29) is 43.6 Å². The fourth-order valence-electron chi connectivity index (χ4n) is 3.65. The Labute approximate surface area is 228 Å². The highest BCUT2D eigenvalue weighted by Gasteiger charge is 2.37. The van der Waals surface area contributed by atoms with E-state index in [4.69, 9.17) is 14.6 Å². The predicted octanol–water partition coefficient (Wildman–Crippen LogP) is 3.05. The van der Waals surface area contributed by atoms with Gasteiger partial charge in [-0.05, 0) is 36.1 Å². The van der Waals surface area contributed by atoms with E-state index < -0.39 is 23.5 Å². The molecule has 0 spiro atoms. The third kappa shape index (κ3) is 7.94. The van der Waals surface area contributed by atoms with Crippen LogP contribution < -0.4 is 10.6 Å². The molecule has 0 aliphatic carbocycles. The summed E-state index contributed by atoms with van der Waals surface area (Å²) < 4.78 is 10.5. The molecule has 1 aromatic carbocycles. The first kappa shape index (κ1) is 29.0. The highest BCUT2D eigenvalue weighted by atomic mass is 32.2. The van der Waals surface area contributed by atoms with Gasteiger partial charge in [0.15, 0.2) is 0 Å². The fourth-order valence-corrected chi connectivity index (χ4v) is 5.62. The lowest BCUT2D eigenvalue weighted by Gasteiger charge is -2.38. The second kappa shape index (κ2) is 14.4. The number of ether oxygens (including phenoxy) is 2. The van der Waals surface area contributed by atoms with Crippen molar-refractivity contribution < 1.29 is 33.8 Å². The highest BCUT2D eigenvalue weighted by Crippen LogP contribution is 2.33. The summed E-state index contributed by atoms with van der Waals surface area (Å²) in [5, 5.41) is 15.9. The molecule has 0 bridgehead atoms. The molecule has 1 aromatic heterocycles. The topological polar surface area (TPSA) is 134 Å². The van der Waals surface area contributed by atoms with Gasteiger partial charge in [0.25, 0.3) is 0 Å². The number of thiophene rings is 1. The Hall–Kier alpha value is -3.61. The Morgan fingerprint density at radius 2 is 2.00 bits per heavy atom. The molecule has 12 heteroatoms. The first-order chi connectivity index (χ1) is 18.4. The van der Waals surface area contributed by atoms with Gasteiger partial charge in [-0.1, -0.05) is 30.9 Å². The predicted molar refractivity (Wildman–Crippen MR) is 145 cm³/mol. The molecule has 2 heterocycles. The van der Waals surface area contributed by atoms with Crippen LogP contribution >= 0.6 is 23.1 Å². The van der Waals surface area contributed by atoms with Crippen LogP contribution in [0.1, 0.15) is 17.4 Å². The quantitative estimate of drug-likeness (QED) is 0.205. The van der Waals surface area contributed by atoms with Crippen molar-refractivity contribution in [3.63, 3.8) is 0 Å². The normalized spacial score (nSPS) is 15.8. The smallest absolute Gasteiger partial charge is 0.411 e. The van der Waals surface area contributed by atoms with Crippen LogP contribution in [0.25, 0.3) is 0 Å². The number of thioether (sulfide) groups is 1. The summed E-state index contributed by atoms with van der Waals surface area (Å²) in [5.41, 5.74) is 1.50. The van der Waals surface area contributed by atoms with Crippen molar-refractivity contribution in [2.45, 2.75) is 31.4 Å². The molecule has 3 amide bonds. The van der Waals surface area contributed by atoms with Crippen LogP contribution in [0.5, 0.6) is 0 Å². The lowest BCUT2D eigenvalue weighted by atomic mass is 10.1. The number of rotatable bonds is 12. The minimum Gasteiger partial charge on any atom is -0.457 e. The molecule has 0 radical (unpaired) electrons. The number of aliphatic hydroxyl groups is 1. The molecule has 2 aromatic rings. The van der Waals surface area contributed by atoms with Crippen molar-refractivity contribution in [2.24, 2.45) is 0 Å². The first-order valence-corrected chi connectivity index (χ1v) is 13.6. The maximum Gasteiger partial charge on any atom is 0.411 e. The molecular weight excluding hydrogens is 530 g/mol. The summed E-state index contributed by atoms with van der Waals surface area (Å²) in [6, 6.07) is 9.79. The van der Waals surface area contributed by atoms with Crippen LogP contribution in [0.3, 0.4) is 0 Å². The van der Waals surface area contributed by atoms with Gasteiger partial charge in [0, 0.05) is 21.9 Å². The van der Waals surface area contributed by atoms with Crippen LogP contribution in [0, 0.1) is 0 Å². The molecule has 0 saturated heterocycles. The average molecular weight is 560 g/mol. The summed E-state index contributed by atoms with van der Waals surface area (Å²) in [7, 11) is 0. The summed E-state index contributed by atoms with van der Waals surface area (Å²) in [4.78, 5) is 52.1. The number of esters is 1. The van der Waals surface area contributed by atoms with Crippen LogP contribution in [0.4, 0.5) is 10.5 Å². The minimum atomic E-state index is -0.766. The Bertz CT molecular complexity index is 1170. The largest absolute Gasteiger partial charge is 0.457 e. The van der Waals surface area contributed by atoms with Crippen molar-refractivity contribution in [3.05, 3.63) is 76.1 Å². The van der Waals surface area contributed by atoms with Crippen molar-refractivity contribution in [1.82, 2.24) is 10.2 Å². The van der Waals surface area contributed by atoms with Crippen molar-refractivity contribution in [3.8, 4) is 0 Å². The standard InChI is InChI=1S/C26H29N3O7S2/c1-3-10-35-25(33)23-19(14-36-26(34)28-20-8-6-18(13-30)7-9-20)15-38-24(29(23)16-31)17(2)27-22(32)12-21-5-4-11-37-21/h3-9,11,16-17,24,30H,1,10,12-15H2,2H3,(H,27,32)(H,28,34). The number of nitrogens with one attached hydrogen (secondary N) is 2. The van der Waals surface area contributed by atoms with E-state index in [9.17, 15) is 19.2 Å². The van der Waals surface area contributed by atoms with Crippen LogP contribution in [-0.2, 0) is 36.9 Å². The summed E-state index contributed by atoms with van der Waals surface area (Å²) in [6.45, 7) is 4.84. The van der Waals surface area contributed by atoms with E-state index >= 15 is 0 Å². The highest BCUT2D eigenvalue weighted by molar-refractivity contribution is 8.00.